The van der Waals surface area contributed by atoms with E-state index in [2.05, 4.69) is 0 Å². The zero-order valence-corrected chi connectivity index (χ0v) is 46.6. The summed E-state index contributed by atoms with van der Waals surface area (Å²) >= 11 is 0. The van der Waals surface area contributed by atoms with E-state index in [1.807, 2.05) is 94.5 Å². The topological polar surface area (TPSA) is 107 Å². The Labute approximate surface area is 406 Å². The van der Waals surface area contributed by atoms with Crippen LogP contribution in [0.3, 0.4) is 0 Å². The van der Waals surface area contributed by atoms with E-state index < -0.39 is 0 Å². The second-order valence-electron chi connectivity index (χ2n) is 9.06. The van der Waals surface area contributed by atoms with Crippen molar-refractivity contribution in [2.45, 2.75) is 99.1 Å². The average molecular weight is 1450 g/mol. The summed E-state index contributed by atoms with van der Waals surface area (Å²) in [7, 11) is 0. The molecule has 1 aromatic carbocycles. The summed E-state index contributed by atoms with van der Waals surface area (Å²) in [5, 5.41) is 34.4. The van der Waals surface area contributed by atoms with Crippen molar-refractivity contribution in [3.63, 3.8) is 0 Å². The molecule has 6 nitrogen and oxygen atoms in total. The normalized spacial score (nSPS) is 14.7. The number of benzene rings is 1. The maximum atomic E-state index is 10.4. The number of hydrogen-bond donors (Lipinski definition) is 4. The third-order valence-corrected chi connectivity index (χ3v) is 4.24. The van der Waals surface area contributed by atoms with Gasteiger partial charge in [-0.1, -0.05) is 84.5 Å². The molecule has 2 rings (SSSR count). The van der Waals surface area contributed by atoms with Gasteiger partial charge in [0.15, 0.2) is 0 Å². The van der Waals surface area contributed by atoms with Gasteiger partial charge < -0.3 is 25.2 Å². The summed E-state index contributed by atoms with van der Waals surface area (Å²) < 4.78 is 4.74. The first-order chi connectivity index (χ1) is 18.3. The smallest absolute Gasteiger partial charge is 0.302 e. The van der Waals surface area contributed by atoms with Crippen LogP contribution in [0.4, 0.5) is 0 Å². The van der Waals surface area contributed by atoms with Crippen molar-refractivity contribution in [3.8, 4) is 0 Å². The van der Waals surface area contributed by atoms with Crippen molar-refractivity contribution in [2.75, 3.05) is 6.61 Å². The van der Waals surface area contributed by atoms with Crippen LogP contribution < -0.4 is 0 Å². The van der Waals surface area contributed by atoms with Crippen LogP contribution in [-0.2, 0) is 9.53 Å². The van der Waals surface area contributed by atoms with Crippen LogP contribution in [0.15, 0.2) is 84.5 Å². The molecule has 234 valence electrons. The molecule has 4 atom stereocenters. The van der Waals surface area contributed by atoms with E-state index in [0.29, 0.717) is 6.61 Å². The molecule has 0 heterocycles. The monoisotopic (exact) mass is 1450 g/mol. The Balaban J connectivity index is -0.0000000767. The third-order valence-electron chi connectivity index (χ3n) is 4.24. The summed E-state index contributed by atoms with van der Waals surface area (Å²) in [6.45, 7) is 14.6. The Kier molecular flexibility index (Phi) is 67.1. The van der Waals surface area contributed by atoms with Gasteiger partial charge in [-0.3, -0.25) is 4.79 Å². The van der Waals surface area contributed by atoms with Crippen LogP contribution in [0, 0.1) is 176 Å². The summed E-state index contributed by atoms with van der Waals surface area (Å²) in [6.07, 6.45) is 18.8. The minimum absolute atomic E-state index is 0. The number of ether oxygens (including phenoxy) is 1. The Morgan fingerprint density at radius 2 is 1.37 bits per heavy atom. The van der Waals surface area contributed by atoms with Gasteiger partial charge in [0.25, 0.3) is 0 Å². The number of carbonyl (C=O) groups excluding carboxylic acids is 1. The first-order valence-electron chi connectivity index (χ1n) is 13.5. The standard InChI is InChI=1S/C11H12O2.C6H10O.C6H12O.2C5H10O.4Ac/c1-10(12)13-9-5-8-11-6-3-2-4-7-11;7-6-4-2-1-3-5-6;1-5(2)4-6(3)7;2*1-3-4-5(2)6;;;;/h2-8H,9H2,1H3;2,4,6-7H,1,3,5H2;4,6-7H,1-3H3;2*3-6H,1-2H3;;;;/b8-5+;;;2*4-3+;;;;. The molecule has 0 spiro atoms. The Morgan fingerprint density at radius 1 is 0.884 bits per heavy atom. The molecule has 0 bridgehead atoms. The van der Waals surface area contributed by atoms with Crippen molar-refractivity contribution in [2.24, 2.45) is 0 Å². The van der Waals surface area contributed by atoms with E-state index in [1.54, 1.807) is 39.0 Å². The molecule has 4 radical (unpaired) electrons. The predicted molar refractivity (Wildman–Crippen MR) is 165 cm³/mol. The van der Waals surface area contributed by atoms with Crippen molar-refractivity contribution >= 4 is 12.0 Å². The van der Waals surface area contributed by atoms with Gasteiger partial charge in [-0.2, -0.15) is 0 Å². The zero-order valence-electron chi connectivity index (χ0n) is 27.6. The van der Waals surface area contributed by atoms with E-state index >= 15 is 0 Å². The Hall–Kier alpha value is 3.00. The van der Waals surface area contributed by atoms with E-state index in [9.17, 15) is 4.79 Å². The van der Waals surface area contributed by atoms with Crippen molar-refractivity contribution in [1.82, 2.24) is 0 Å². The van der Waals surface area contributed by atoms with Crippen LogP contribution in [0.5, 0.6) is 0 Å². The van der Waals surface area contributed by atoms with Crippen LogP contribution in [-0.4, -0.2) is 57.4 Å². The van der Waals surface area contributed by atoms with Crippen molar-refractivity contribution in [3.05, 3.63) is 90.1 Å². The molecular weight excluding hydrogens is 1400 g/mol. The van der Waals surface area contributed by atoms with Crippen molar-refractivity contribution in [1.29, 1.82) is 0 Å². The summed E-state index contributed by atoms with van der Waals surface area (Å²) in [4.78, 5) is 10.4. The van der Waals surface area contributed by atoms with E-state index in [-0.39, 0.29) is 207 Å². The molecular formula is C33H54Ac4O6. The molecule has 0 amide bonds. The molecule has 0 saturated heterocycles. The molecule has 0 aromatic heterocycles. The number of esters is 1. The number of rotatable bonds is 6. The molecule has 1 aliphatic carbocycles. The van der Waals surface area contributed by atoms with Gasteiger partial charge in [-0.25, -0.2) is 0 Å². The van der Waals surface area contributed by atoms with Gasteiger partial charge in [-0.15, -0.1) is 0 Å². The number of allylic oxidation sites excluding steroid dienone is 4. The molecule has 4 N–H and O–H groups in total. The fourth-order valence-electron chi connectivity index (χ4n) is 2.75. The maximum absolute atomic E-state index is 10.4. The van der Waals surface area contributed by atoms with Crippen LogP contribution in [0.1, 0.15) is 80.2 Å². The van der Waals surface area contributed by atoms with Crippen molar-refractivity contribution < 1.29 is 206 Å². The molecule has 0 fully saturated rings. The second kappa shape index (κ2) is 47.1. The molecule has 43 heavy (non-hydrogen) atoms. The first-order valence-corrected chi connectivity index (χ1v) is 13.5. The average Bonchev–Trinajstić information content (AvgIpc) is 2.83. The van der Waals surface area contributed by atoms with Gasteiger partial charge in [-0.05, 0) is 79.4 Å². The van der Waals surface area contributed by atoms with E-state index in [4.69, 9.17) is 25.2 Å². The quantitative estimate of drug-likeness (QED) is 0.190. The van der Waals surface area contributed by atoms with Gasteiger partial charge in [0, 0.05) is 183 Å². The van der Waals surface area contributed by atoms with Gasteiger partial charge in [0.1, 0.15) is 6.61 Å². The molecule has 1 aromatic rings. The van der Waals surface area contributed by atoms with Gasteiger partial charge in [0.05, 0.1) is 24.4 Å². The van der Waals surface area contributed by atoms with Crippen LogP contribution >= 0.6 is 0 Å². The summed E-state index contributed by atoms with van der Waals surface area (Å²) in [5.41, 5.74) is 2.27. The Morgan fingerprint density at radius 3 is 1.60 bits per heavy atom. The Bertz CT molecular complexity index is 817. The number of hydrogen-bond acceptors (Lipinski definition) is 6. The fourth-order valence-corrected chi connectivity index (χ4v) is 2.75. The first kappa shape index (κ1) is 61.2. The molecule has 0 saturated carbocycles. The minimum atomic E-state index is -0.287. The molecule has 0 aliphatic heterocycles. The maximum Gasteiger partial charge on any atom is 0.302 e. The van der Waals surface area contributed by atoms with Crippen LogP contribution in [0.2, 0.25) is 0 Å². The van der Waals surface area contributed by atoms with Gasteiger partial charge >= 0.3 is 5.97 Å². The SMILES string of the molecule is C/C=C/C(C)O.C/C=C/C(C)O.CC(=O)OC/C=C/c1ccccc1.CC(C)=CC(C)O.OC1C=CCCC1.[Ac].[Ac].[Ac].[Ac]. The molecule has 4 unspecified atom stereocenters. The third kappa shape index (κ3) is 64.2. The molecule has 1 aliphatic rings. The predicted octanol–water partition coefficient (Wildman–Crippen LogP) is 6.57. The minimum Gasteiger partial charge on any atom is -0.462 e. The van der Waals surface area contributed by atoms with E-state index in [1.165, 1.54) is 6.92 Å². The number of aliphatic hydroxyl groups excluding tert-OH is 4. The molecule has 10 heteroatoms. The second-order valence-corrected chi connectivity index (χ2v) is 9.06. The fraction of sp³-hybridized carbons (Fsp3) is 0.485. The van der Waals surface area contributed by atoms with E-state index in [0.717, 1.165) is 30.4 Å². The number of carbonyl (C=O) groups is 1. The summed E-state index contributed by atoms with van der Waals surface area (Å²) in [5.74, 6) is -0.252. The number of aliphatic hydroxyl groups is 4. The van der Waals surface area contributed by atoms with Gasteiger partial charge in [0.2, 0.25) is 0 Å². The zero-order chi connectivity index (χ0) is 30.5. The largest absolute Gasteiger partial charge is 0.462 e. The summed E-state index contributed by atoms with van der Waals surface area (Å²) in [6, 6.07) is 9.87. The van der Waals surface area contributed by atoms with Crippen LogP contribution in [0.25, 0.3) is 6.08 Å².